The molecule has 0 radical (unpaired) electrons. The molecule has 0 fully saturated rings. The molecule has 0 spiro atoms. The molecule has 0 saturated heterocycles. The number of hydrogen-bond donors (Lipinski definition) is 4. The zero-order valence-corrected chi connectivity index (χ0v) is 18.7. The maximum Gasteiger partial charge on any atom is 0.187 e. The number of aliphatic hydroxyl groups excluding tert-OH is 3. The fraction of sp³-hybridized carbons (Fsp3) is 0.478. The van der Waals surface area contributed by atoms with Gasteiger partial charge in [0.05, 0.1) is 14.1 Å². The number of quaternary nitrogens is 1. The molecule has 2 rings (SSSR count). The van der Waals surface area contributed by atoms with Crippen molar-refractivity contribution < 1.29 is 30.3 Å². The molecule has 3 unspecified atom stereocenters. The van der Waals surface area contributed by atoms with E-state index in [1.807, 2.05) is 69.6 Å². The Kier molecular flexibility index (Phi) is 14.1. The van der Waals surface area contributed by atoms with E-state index < -0.39 is 12.5 Å². The zero-order valence-electron chi connectivity index (χ0n) is 18.7. The molecule has 2 aromatic carbocycles. The summed E-state index contributed by atoms with van der Waals surface area (Å²) in [6, 6.07) is 20.3. The van der Waals surface area contributed by atoms with E-state index in [1.165, 1.54) is 11.1 Å². The van der Waals surface area contributed by atoms with Crippen LogP contribution < -0.4 is 5.26 Å². The van der Waals surface area contributed by atoms with Gasteiger partial charge in [-0.1, -0.05) is 60.7 Å². The van der Waals surface area contributed by atoms with E-state index in [0.29, 0.717) is 11.0 Å². The van der Waals surface area contributed by atoms with Crippen molar-refractivity contribution in [2.45, 2.75) is 52.4 Å². The summed E-state index contributed by atoms with van der Waals surface area (Å²) in [5.74, 6) is 0. The largest absolute Gasteiger partial charge is 0.727 e. The maximum absolute atomic E-state index is 9.51. The highest BCUT2D eigenvalue weighted by Gasteiger charge is 2.21. The van der Waals surface area contributed by atoms with E-state index in [1.54, 1.807) is 18.7 Å². The fourth-order valence-electron chi connectivity index (χ4n) is 2.77. The molecule has 0 aliphatic carbocycles. The Balaban J connectivity index is 0.000000522. The van der Waals surface area contributed by atoms with Crippen LogP contribution in [0.1, 0.15) is 31.9 Å². The Bertz CT molecular complexity index is 641. The number of hydrogen-bond acceptors (Lipinski definition) is 6. The lowest BCUT2D eigenvalue weighted by Gasteiger charge is -2.32. The van der Waals surface area contributed by atoms with Crippen LogP contribution in [0.15, 0.2) is 60.7 Å². The third-order valence-corrected chi connectivity index (χ3v) is 4.91. The Hall–Kier alpha value is -1.84. The molecule has 0 amide bonds. The van der Waals surface area contributed by atoms with Gasteiger partial charge in [0, 0.05) is 19.0 Å². The van der Waals surface area contributed by atoms with Gasteiger partial charge in [-0.15, -0.1) is 0 Å². The van der Waals surface area contributed by atoms with Crippen molar-refractivity contribution in [1.82, 2.24) is 4.90 Å². The molecule has 0 heterocycles. The minimum absolute atomic E-state index is 0.333. The van der Waals surface area contributed by atoms with Crippen molar-refractivity contribution in [3.63, 3.8) is 0 Å². The SMILES string of the molecule is CC(O)N(CCc1ccccc1)C(C)O.CC(O)[N+](C)(C)Cc1ccccc1.[O-]O. The number of benzene rings is 2. The highest BCUT2D eigenvalue weighted by molar-refractivity contribution is 5.15. The van der Waals surface area contributed by atoms with Crippen molar-refractivity contribution >= 4 is 0 Å². The molecule has 0 aliphatic heterocycles. The molecule has 2 aromatic rings. The molecule has 30 heavy (non-hydrogen) atoms. The predicted octanol–water partition coefficient (Wildman–Crippen LogP) is 1.63. The molecule has 3 atom stereocenters. The molecule has 170 valence electrons. The van der Waals surface area contributed by atoms with Gasteiger partial charge < -0.3 is 30.3 Å². The molecule has 7 heteroatoms. The lowest BCUT2D eigenvalue weighted by Crippen LogP contribution is -2.46. The molecular weight excluding hydrogens is 384 g/mol. The third-order valence-electron chi connectivity index (χ3n) is 4.91. The second-order valence-electron chi connectivity index (χ2n) is 7.79. The van der Waals surface area contributed by atoms with E-state index in [-0.39, 0.29) is 6.23 Å². The summed E-state index contributed by atoms with van der Waals surface area (Å²) in [4.78, 5) is 1.65. The van der Waals surface area contributed by atoms with Gasteiger partial charge in [-0.05, 0) is 25.8 Å². The summed E-state index contributed by atoms with van der Waals surface area (Å²) in [6.45, 7) is 6.66. The summed E-state index contributed by atoms with van der Waals surface area (Å²) in [5, 5.41) is 41.4. The van der Waals surface area contributed by atoms with Crippen molar-refractivity contribution in [2.24, 2.45) is 0 Å². The van der Waals surface area contributed by atoms with E-state index >= 15 is 0 Å². The molecule has 0 aliphatic rings. The molecule has 0 bridgehead atoms. The van der Waals surface area contributed by atoms with E-state index in [0.717, 1.165) is 13.0 Å². The third kappa shape index (κ3) is 11.4. The van der Waals surface area contributed by atoms with Crippen molar-refractivity contribution in [3.05, 3.63) is 71.8 Å². The summed E-state index contributed by atoms with van der Waals surface area (Å²) < 4.78 is 0.601. The standard InChI is InChI=1S/C12H19NO2.C11H18NO.H2O2/c1-10(14)13(11(2)15)9-8-12-6-4-3-5-7-12;1-10(13)12(2,3)9-11-7-5-4-6-8-11;1-2/h3-7,10-11,14-15H,8-9H2,1-2H3;4-8,10,13H,9H2,1-3H3;1-2H/q;+1;/p-1. The lowest BCUT2D eigenvalue weighted by atomic mass is 10.1. The number of nitrogens with zero attached hydrogens (tertiary/aromatic N) is 2. The van der Waals surface area contributed by atoms with E-state index in [2.05, 4.69) is 12.1 Å². The predicted molar refractivity (Wildman–Crippen MR) is 117 cm³/mol. The number of rotatable bonds is 8. The van der Waals surface area contributed by atoms with Crippen LogP contribution in [-0.2, 0) is 13.0 Å². The molecule has 4 N–H and O–H groups in total. The molecular formula is C23H38N2O5. The first kappa shape index (κ1) is 28.2. The van der Waals surface area contributed by atoms with Crippen LogP contribution in [0.2, 0.25) is 0 Å². The van der Waals surface area contributed by atoms with Crippen molar-refractivity contribution in [1.29, 1.82) is 0 Å². The van der Waals surface area contributed by atoms with Gasteiger partial charge in [-0.3, -0.25) is 4.90 Å². The average molecular weight is 423 g/mol. The van der Waals surface area contributed by atoms with Gasteiger partial charge in [-0.2, -0.15) is 0 Å². The number of aliphatic hydroxyl groups is 3. The van der Waals surface area contributed by atoms with Gasteiger partial charge in [0.15, 0.2) is 6.23 Å². The van der Waals surface area contributed by atoms with Gasteiger partial charge >= 0.3 is 0 Å². The summed E-state index contributed by atoms with van der Waals surface area (Å²) in [6.07, 6.45) is -0.737. The first-order chi connectivity index (χ1) is 14.1. The Labute approximate surface area is 180 Å². The minimum atomic E-state index is -0.617. The molecule has 0 aromatic heterocycles. The first-order valence-electron chi connectivity index (χ1n) is 10.0. The Morgan fingerprint density at radius 2 is 1.17 bits per heavy atom. The van der Waals surface area contributed by atoms with Crippen LogP contribution >= 0.6 is 0 Å². The quantitative estimate of drug-likeness (QED) is 0.223. The topological polar surface area (TPSA) is 107 Å². The van der Waals surface area contributed by atoms with Gasteiger partial charge in [0.2, 0.25) is 0 Å². The second kappa shape index (κ2) is 15.0. The monoisotopic (exact) mass is 422 g/mol. The smallest absolute Gasteiger partial charge is 0.187 e. The highest BCUT2D eigenvalue weighted by Crippen LogP contribution is 2.11. The van der Waals surface area contributed by atoms with Crippen LogP contribution in [0.25, 0.3) is 0 Å². The van der Waals surface area contributed by atoms with Crippen LogP contribution in [-0.4, -0.2) is 69.3 Å². The molecule has 7 nitrogen and oxygen atoms in total. The summed E-state index contributed by atoms with van der Waals surface area (Å²) in [7, 11) is 4.05. The lowest BCUT2D eigenvalue weighted by molar-refractivity contribution is -0.946. The van der Waals surface area contributed by atoms with E-state index in [9.17, 15) is 15.3 Å². The van der Waals surface area contributed by atoms with Gasteiger partial charge in [0.25, 0.3) is 0 Å². The van der Waals surface area contributed by atoms with Gasteiger partial charge in [-0.25, -0.2) is 0 Å². The second-order valence-corrected chi connectivity index (χ2v) is 7.79. The Morgan fingerprint density at radius 3 is 1.53 bits per heavy atom. The average Bonchev–Trinajstić information content (AvgIpc) is 2.71. The van der Waals surface area contributed by atoms with Crippen LogP contribution in [0.4, 0.5) is 0 Å². The van der Waals surface area contributed by atoms with Crippen LogP contribution in [0.3, 0.4) is 0 Å². The van der Waals surface area contributed by atoms with Crippen LogP contribution in [0, 0.1) is 0 Å². The van der Waals surface area contributed by atoms with Crippen LogP contribution in [0.5, 0.6) is 0 Å². The van der Waals surface area contributed by atoms with Crippen molar-refractivity contribution in [2.75, 3.05) is 20.6 Å². The summed E-state index contributed by atoms with van der Waals surface area (Å²) in [5.41, 5.74) is 2.47. The normalized spacial score (nSPS) is 14.0. The van der Waals surface area contributed by atoms with E-state index in [4.69, 9.17) is 10.5 Å². The molecule has 0 saturated carbocycles. The zero-order chi connectivity index (χ0) is 23.2. The highest BCUT2D eigenvalue weighted by atomic mass is 17.0. The summed E-state index contributed by atoms with van der Waals surface area (Å²) >= 11 is 0. The Morgan fingerprint density at radius 1 is 0.767 bits per heavy atom. The maximum atomic E-state index is 9.51. The van der Waals surface area contributed by atoms with Crippen molar-refractivity contribution in [3.8, 4) is 0 Å². The van der Waals surface area contributed by atoms with Gasteiger partial charge in [0.1, 0.15) is 19.0 Å². The fourth-order valence-corrected chi connectivity index (χ4v) is 2.77. The minimum Gasteiger partial charge on any atom is -0.727 e. The first-order valence-corrected chi connectivity index (χ1v) is 10.0.